The molecular weight excluding hydrogens is 459 g/mol. The standard InChI is InChI=1S/C18H26N6O2.HI/c1-2-16(26-9-1)5-8-19-18(22-14-6-10-25-11-7-14)23-15-3-4-17-20-13-21-24(17)12-15;/h1-2,9,13-15H,3-8,10-12H2,(H2,19,22,23);1H. The Hall–Kier alpha value is -1.62. The minimum absolute atomic E-state index is 0. The van der Waals surface area contributed by atoms with Gasteiger partial charge in [-0.1, -0.05) is 0 Å². The van der Waals surface area contributed by atoms with Gasteiger partial charge in [-0.3, -0.25) is 4.99 Å². The largest absolute Gasteiger partial charge is 0.469 e. The Bertz CT molecular complexity index is 711. The molecule has 0 saturated carbocycles. The van der Waals surface area contributed by atoms with Crippen molar-refractivity contribution in [3.8, 4) is 0 Å². The summed E-state index contributed by atoms with van der Waals surface area (Å²) in [5.41, 5.74) is 0. The highest BCUT2D eigenvalue weighted by Crippen LogP contribution is 2.12. The van der Waals surface area contributed by atoms with E-state index in [2.05, 4.69) is 20.7 Å². The van der Waals surface area contributed by atoms with Gasteiger partial charge in [0.15, 0.2) is 5.96 Å². The van der Waals surface area contributed by atoms with Crippen molar-refractivity contribution >= 4 is 29.9 Å². The predicted octanol–water partition coefficient (Wildman–Crippen LogP) is 1.76. The number of hydrogen-bond acceptors (Lipinski definition) is 5. The number of rotatable bonds is 5. The fourth-order valence-electron chi connectivity index (χ4n) is 3.45. The first-order chi connectivity index (χ1) is 12.9. The highest BCUT2D eigenvalue weighted by atomic mass is 127. The summed E-state index contributed by atoms with van der Waals surface area (Å²) in [6, 6.07) is 4.61. The number of nitrogens with zero attached hydrogens (tertiary/aromatic N) is 4. The van der Waals surface area contributed by atoms with Crippen molar-refractivity contribution in [3.05, 3.63) is 36.3 Å². The van der Waals surface area contributed by atoms with Crippen molar-refractivity contribution in [1.29, 1.82) is 0 Å². The van der Waals surface area contributed by atoms with E-state index in [0.717, 1.165) is 69.4 Å². The number of aromatic nitrogens is 3. The molecule has 0 bridgehead atoms. The number of ether oxygens (including phenoxy) is 1. The van der Waals surface area contributed by atoms with Gasteiger partial charge in [-0.25, -0.2) is 9.67 Å². The second kappa shape index (κ2) is 10.1. The maximum Gasteiger partial charge on any atom is 0.191 e. The summed E-state index contributed by atoms with van der Waals surface area (Å²) in [4.78, 5) is 9.07. The fourth-order valence-corrected chi connectivity index (χ4v) is 3.45. The molecule has 0 spiro atoms. The Morgan fingerprint density at radius 2 is 2.07 bits per heavy atom. The maximum atomic E-state index is 5.46. The van der Waals surface area contributed by atoms with E-state index in [-0.39, 0.29) is 24.0 Å². The Labute approximate surface area is 176 Å². The van der Waals surface area contributed by atoms with Crippen LogP contribution >= 0.6 is 24.0 Å². The molecule has 2 N–H and O–H groups in total. The van der Waals surface area contributed by atoms with Crippen LogP contribution in [0.1, 0.15) is 30.8 Å². The SMILES string of the molecule is I.c1coc(CCN=C(NC2CCOCC2)NC2CCc3ncnn3C2)c1. The second-order valence-corrected chi connectivity index (χ2v) is 6.83. The summed E-state index contributed by atoms with van der Waals surface area (Å²) in [6.45, 7) is 3.13. The first-order valence-corrected chi connectivity index (χ1v) is 9.41. The Morgan fingerprint density at radius 1 is 1.22 bits per heavy atom. The molecule has 8 nitrogen and oxygen atoms in total. The Balaban J connectivity index is 0.00000210. The molecule has 1 fully saturated rings. The van der Waals surface area contributed by atoms with Crippen LogP contribution in [-0.2, 0) is 24.1 Å². The fraction of sp³-hybridized carbons (Fsp3) is 0.611. The molecule has 4 rings (SSSR count). The zero-order valence-corrected chi connectivity index (χ0v) is 17.7. The summed E-state index contributed by atoms with van der Waals surface area (Å²) >= 11 is 0. The van der Waals surface area contributed by atoms with Gasteiger partial charge in [0.2, 0.25) is 0 Å². The molecule has 2 aliphatic heterocycles. The summed E-state index contributed by atoms with van der Waals surface area (Å²) in [5.74, 6) is 2.90. The van der Waals surface area contributed by atoms with E-state index >= 15 is 0 Å². The van der Waals surface area contributed by atoms with Crippen LogP contribution < -0.4 is 10.6 Å². The van der Waals surface area contributed by atoms with Crippen LogP contribution in [0.3, 0.4) is 0 Å². The van der Waals surface area contributed by atoms with Crippen LogP contribution in [0, 0.1) is 0 Å². The third kappa shape index (κ3) is 5.68. The van der Waals surface area contributed by atoms with Crippen LogP contribution in [0.5, 0.6) is 0 Å². The average Bonchev–Trinajstić information content (AvgIpc) is 3.33. The van der Waals surface area contributed by atoms with Crippen molar-refractivity contribution in [2.24, 2.45) is 4.99 Å². The normalized spacial score (nSPS) is 20.6. The second-order valence-electron chi connectivity index (χ2n) is 6.83. The summed E-state index contributed by atoms with van der Waals surface area (Å²) in [5, 5.41) is 11.5. The lowest BCUT2D eigenvalue weighted by Gasteiger charge is -2.29. The molecule has 0 aliphatic carbocycles. The van der Waals surface area contributed by atoms with Gasteiger partial charge in [-0.2, -0.15) is 5.10 Å². The summed E-state index contributed by atoms with van der Waals surface area (Å²) in [7, 11) is 0. The third-order valence-electron chi connectivity index (χ3n) is 4.92. The molecule has 4 heterocycles. The quantitative estimate of drug-likeness (QED) is 0.381. The van der Waals surface area contributed by atoms with Crippen molar-refractivity contribution in [1.82, 2.24) is 25.4 Å². The Morgan fingerprint density at radius 3 is 2.89 bits per heavy atom. The van der Waals surface area contributed by atoms with Gasteiger partial charge >= 0.3 is 0 Å². The zero-order valence-electron chi connectivity index (χ0n) is 15.3. The van der Waals surface area contributed by atoms with Gasteiger partial charge in [0.1, 0.15) is 17.9 Å². The number of nitrogens with one attached hydrogen (secondary N) is 2. The van der Waals surface area contributed by atoms with Crippen LogP contribution in [-0.4, -0.2) is 52.6 Å². The molecule has 1 unspecified atom stereocenters. The van der Waals surface area contributed by atoms with E-state index < -0.39 is 0 Å². The average molecular weight is 486 g/mol. The molecule has 9 heteroatoms. The molecule has 0 radical (unpaired) electrons. The van der Waals surface area contributed by atoms with Crippen molar-refractivity contribution < 1.29 is 9.15 Å². The number of aliphatic imine (C=N–C) groups is 1. The van der Waals surface area contributed by atoms with Gasteiger partial charge < -0.3 is 19.8 Å². The number of halogens is 1. The van der Waals surface area contributed by atoms with E-state index in [9.17, 15) is 0 Å². The number of fused-ring (bicyclic) bond motifs is 1. The number of furan rings is 1. The minimum Gasteiger partial charge on any atom is -0.469 e. The molecule has 0 amide bonds. The lowest BCUT2D eigenvalue weighted by Crippen LogP contribution is -2.51. The molecule has 1 atom stereocenters. The van der Waals surface area contributed by atoms with Crippen molar-refractivity contribution in [2.75, 3.05) is 19.8 Å². The molecular formula is C18H27IN6O2. The van der Waals surface area contributed by atoms with E-state index in [0.29, 0.717) is 18.6 Å². The van der Waals surface area contributed by atoms with Crippen LogP contribution in [0.15, 0.2) is 34.1 Å². The smallest absolute Gasteiger partial charge is 0.191 e. The van der Waals surface area contributed by atoms with Crippen molar-refractivity contribution in [3.63, 3.8) is 0 Å². The highest BCUT2D eigenvalue weighted by molar-refractivity contribution is 14.0. The lowest BCUT2D eigenvalue weighted by molar-refractivity contribution is 0.0821. The molecule has 1 saturated heterocycles. The molecule has 2 aromatic rings. The van der Waals surface area contributed by atoms with Crippen LogP contribution in [0.2, 0.25) is 0 Å². The first-order valence-electron chi connectivity index (χ1n) is 9.41. The van der Waals surface area contributed by atoms with Gasteiger partial charge in [0, 0.05) is 44.7 Å². The Kier molecular flexibility index (Phi) is 7.50. The van der Waals surface area contributed by atoms with Gasteiger partial charge in [0.05, 0.1) is 12.8 Å². The third-order valence-corrected chi connectivity index (χ3v) is 4.92. The summed E-state index contributed by atoms with van der Waals surface area (Å²) < 4.78 is 12.8. The number of guanidine groups is 1. The number of hydrogen-bond donors (Lipinski definition) is 2. The monoisotopic (exact) mass is 486 g/mol. The van der Waals surface area contributed by atoms with Gasteiger partial charge in [-0.05, 0) is 31.4 Å². The zero-order chi connectivity index (χ0) is 17.6. The van der Waals surface area contributed by atoms with E-state index in [1.54, 1.807) is 12.6 Å². The molecule has 148 valence electrons. The van der Waals surface area contributed by atoms with Crippen LogP contribution in [0.4, 0.5) is 0 Å². The van der Waals surface area contributed by atoms with Crippen molar-refractivity contribution in [2.45, 2.75) is 50.7 Å². The number of aryl methyl sites for hydroxylation is 1. The van der Waals surface area contributed by atoms with E-state index in [1.165, 1.54) is 0 Å². The lowest BCUT2D eigenvalue weighted by atomic mass is 10.1. The molecule has 2 aliphatic rings. The van der Waals surface area contributed by atoms with Gasteiger partial charge in [0.25, 0.3) is 0 Å². The molecule has 27 heavy (non-hydrogen) atoms. The van der Waals surface area contributed by atoms with Crippen LogP contribution in [0.25, 0.3) is 0 Å². The minimum atomic E-state index is 0. The predicted molar refractivity (Wildman–Crippen MR) is 112 cm³/mol. The van der Waals surface area contributed by atoms with Gasteiger partial charge in [-0.15, -0.1) is 24.0 Å². The summed E-state index contributed by atoms with van der Waals surface area (Å²) in [6.07, 6.45) is 8.13. The van der Waals surface area contributed by atoms with E-state index in [4.69, 9.17) is 14.1 Å². The first kappa shape index (κ1) is 20.1. The molecule has 0 aromatic carbocycles. The maximum absolute atomic E-state index is 5.46. The highest BCUT2D eigenvalue weighted by Gasteiger charge is 2.22. The van der Waals surface area contributed by atoms with E-state index in [1.807, 2.05) is 16.8 Å². The topological polar surface area (TPSA) is 89.5 Å². The molecule has 2 aromatic heterocycles.